The highest BCUT2D eigenvalue weighted by Crippen LogP contribution is 2.31. The molecule has 15 heavy (non-hydrogen) atoms. The fourth-order valence-electron chi connectivity index (χ4n) is 1.81. The van der Waals surface area contributed by atoms with E-state index in [2.05, 4.69) is 0 Å². The van der Waals surface area contributed by atoms with Crippen LogP contribution in [0.1, 0.15) is 12.0 Å². The molecule has 0 aliphatic heterocycles. The minimum Gasteiger partial charge on any atom is -0.327 e. The van der Waals surface area contributed by atoms with E-state index in [1.165, 1.54) is 0 Å². The molecular weight excluding hydrogens is 188 g/mol. The van der Waals surface area contributed by atoms with Crippen molar-refractivity contribution in [1.29, 1.82) is 0 Å². The van der Waals surface area contributed by atoms with Crippen LogP contribution in [0.4, 0.5) is 5.69 Å². The van der Waals surface area contributed by atoms with Crippen LogP contribution in [-0.4, -0.2) is 19.0 Å². The average molecular weight is 204 g/mol. The topological polar surface area (TPSA) is 46.3 Å². The molecule has 2 atom stereocenters. The molecule has 3 heteroatoms. The van der Waals surface area contributed by atoms with Gasteiger partial charge in [0.15, 0.2) is 0 Å². The van der Waals surface area contributed by atoms with Crippen LogP contribution in [0.15, 0.2) is 24.3 Å². The second-order valence-corrected chi connectivity index (χ2v) is 4.19. The first-order valence-corrected chi connectivity index (χ1v) is 5.20. The normalized spacial score (nSPS) is 23.7. The molecule has 0 aromatic heterocycles. The van der Waals surface area contributed by atoms with Gasteiger partial charge in [0.2, 0.25) is 5.91 Å². The number of amides is 1. The predicted octanol–water partition coefficient (Wildman–Crippen LogP) is 1.31. The summed E-state index contributed by atoms with van der Waals surface area (Å²) >= 11 is 0. The molecule has 1 fully saturated rings. The highest BCUT2D eigenvalue weighted by molar-refractivity contribution is 5.97. The maximum absolute atomic E-state index is 11.9. The van der Waals surface area contributed by atoms with Crippen LogP contribution in [0.2, 0.25) is 0 Å². The Labute approximate surface area is 89.9 Å². The van der Waals surface area contributed by atoms with Gasteiger partial charge in [0.1, 0.15) is 0 Å². The highest BCUT2D eigenvalue weighted by Gasteiger charge is 2.41. The smallest absolute Gasteiger partial charge is 0.231 e. The quantitative estimate of drug-likeness (QED) is 0.789. The van der Waals surface area contributed by atoms with Gasteiger partial charge in [0.05, 0.1) is 5.92 Å². The molecule has 0 saturated heterocycles. The summed E-state index contributed by atoms with van der Waals surface area (Å²) in [5.74, 6) is 0.173. The molecular formula is C12H16N2O. The van der Waals surface area contributed by atoms with Crippen LogP contribution in [0.5, 0.6) is 0 Å². The molecule has 1 aliphatic rings. The van der Waals surface area contributed by atoms with Crippen LogP contribution in [-0.2, 0) is 4.79 Å². The molecule has 1 aromatic rings. The molecule has 1 amide bonds. The molecule has 0 heterocycles. The fraction of sp³-hybridized carbons (Fsp3) is 0.417. The molecule has 0 bridgehead atoms. The van der Waals surface area contributed by atoms with Crippen LogP contribution < -0.4 is 10.6 Å². The number of para-hydroxylation sites is 1. The standard InChI is InChI=1S/C12H16N2O/c1-8-5-3-4-6-11(8)14(2)12(15)9-7-10(9)13/h3-6,9-10H,7,13H2,1-2H3. The molecule has 0 radical (unpaired) electrons. The zero-order chi connectivity index (χ0) is 11.0. The van der Waals surface area contributed by atoms with Crippen LogP contribution in [0.3, 0.4) is 0 Å². The molecule has 1 aromatic carbocycles. The van der Waals surface area contributed by atoms with E-state index in [9.17, 15) is 4.79 Å². The summed E-state index contributed by atoms with van der Waals surface area (Å²) in [4.78, 5) is 13.6. The van der Waals surface area contributed by atoms with Gasteiger partial charge in [-0.25, -0.2) is 0 Å². The van der Waals surface area contributed by atoms with Gasteiger partial charge in [-0.2, -0.15) is 0 Å². The second kappa shape index (κ2) is 3.66. The molecule has 1 aliphatic carbocycles. The van der Waals surface area contributed by atoms with E-state index in [-0.39, 0.29) is 17.9 Å². The molecule has 2 unspecified atom stereocenters. The van der Waals surface area contributed by atoms with Crippen molar-refractivity contribution in [3.05, 3.63) is 29.8 Å². The van der Waals surface area contributed by atoms with E-state index in [0.717, 1.165) is 17.7 Å². The lowest BCUT2D eigenvalue weighted by Crippen LogP contribution is -2.30. The molecule has 1 saturated carbocycles. The van der Waals surface area contributed by atoms with Crippen molar-refractivity contribution in [3.8, 4) is 0 Å². The van der Waals surface area contributed by atoms with Crippen molar-refractivity contribution in [2.45, 2.75) is 19.4 Å². The summed E-state index contributed by atoms with van der Waals surface area (Å²) in [5, 5.41) is 0. The van der Waals surface area contributed by atoms with Crippen LogP contribution in [0.25, 0.3) is 0 Å². The fourth-order valence-corrected chi connectivity index (χ4v) is 1.81. The van der Waals surface area contributed by atoms with Crippen molar-refractivity contribution < 1.29 is 4.79 Å². The van der Waals surface area contributed by atoms with E-state index < -0.39 is 0 Å². The zero-order valence-electron chi connectivity index (χ0n) is 9.10. The summed E-state index contributed by atoms with van der Waals surface area (Å²) in [6.45, 7) is 2.01. The van der Waals surface area contributed by atoms with Gasteiger partial charge in [-0.05, 0) is 25.0 Å². The number of aryl methyl sites for hydroxylation is 1. The van der Waals surface area contributed by atoms with Crippen molar-refractivity contribution in [1.82, 2.24) is 0 Å². The molecule has 2 N–H and O–H groups in total. The number of benzene rings is 1. The summed E-state index contributed by atoms with van der Waals surface area (Å²) in [7, 11) is 1.82. The number of nitrogens with two attached hydrogens (primary N) is 1. The van der Waals surface area contributed by atoms with Gasteiger partial charge >= 0.3 is 0 Å². The van der Waals surface area contributed by atoms with Gasteiger partial charge in [-0.3, -0.25) is 4.79 Å². The zero-order valence-corrected chi connectivity index (χ0v) is 9.10. The Morgan fingerprint density at radius 3 is 2.60 bits per heavy atom. The molecule has 80 valence electrons. The summed E-state index contributed by atoms with van der Waals surface area (Å²) < 4.78 is 0. The number of rotatable bonds is 2. The second-order valence-electron chi connectivity index (χ2n) is 4.19. The van der Waals surface area contributed by atoms with Crippen molar-refractivity contribution in [2.75, 3.05) is 11.9 Å². The Bertz CT molecular complexity index is 389. The van der Waals surface area contributed by atoms with Crippen molar-refractivity contribution >= 4 is 11.6 Å². The van der Waals surface area contributed by atoms with E-state index in [1.807, 2.05) is 38.2 Å². The van der Waals surface area contributed by atoms with Gasteiger partial charge in [0.25, 0.3) is 0 Å². The van der Waals surface area contributed by atoms with Gasteiger partial charge in [0, 0.05) is 18.8 Å². The van der Waals surface area contributed by atoms with E-state index in [4.69, 9.17) is 5.73 Å². The number of carbonyl (C=O) groups excluding carboxylic acids is 1. The first kappa shape index (κ1) is 10.2. The number of carbonyl (C=O) groups is 1. The third kappa shape index (κ3) is 1.88. The minimum atomic E-state index is 0.0367. The van der Waals surface area contributed by atoms with E-state index >= 15 is 0 Å². The maximum Gasteiger partial charge on any atom is 0.231 e. The Morgan fingerprint density at radius 2 is 2.07 bits per heavy atom. The largest absolute Gasteiger partial charge is 0.327 e. The molecule has 0 spiro atoms. The maximum atomic E-state index is 11.9. The average Bonchev–Trinajstić information content (AvgIpc) is 2.94. The Hall–Kier alpha value is -1.35. The third-order valence-electron chi connectivity index (χ3n) is 2.96. The summed E-state index contributed by atoms with van der Waals surface area (Å²) in [5.41, 5.74) is 7.76. The van der Waals surface area contributed by atoms with Crippen molar-refractivity contribution in [2.24, 2.45) is 11.7 Å². The van der Waals surface area contributed by atoms with Gasteiger partial charge < -0.3 is 10.6 Å². The summed E-state index contributed by atoms with van der Waals surface area (Å²) in [6.07, 6.45) is 0.828. The van der Waals surface area contributed by atoms with E-state index in [0.29, 0.717) is 0 Å². The van der Waals surface area contributed by atoms with Gasteiger partial charge in [-0.15, -0.1) is 0 Å². The number of anilines is 1. The lowest BCUT2D eigenvalue weighted by atomic mass is 10.2. The Morgan fingerprint density at radius 1 is 1.47 bits per heavy atom. The lowest BCUT2D eigenvalue weighted by Gasteiger charge is -2.19. The Kier molecular flexibility index (Phi) is 2.49. The lowest BCUT2D eigenvalue weighted by molar-refractivity contribution is -0.119. The molecule has 2 rings (SSSR count). The third-order valence-corrected chi connectivity index (χ3v) is 2.96. The summed E-state index contributed by atoms with van der Waals surface area (Å²) in [6, 6.07) is 7.95. The number of nitrogens with zero attached hydrogens (tertiary/aromatic N) is 1. The monoisotopic (exact) mass is 204 g/mol. The predicted molar refractivity (Wildman–Crippen MR) is 60.7 cm³/mol. The highest BCUT2D eigenvalue weighted by atomic mass is 16.2. The van der Waals surface area contributed by atoms with Gasteiger partial charge in [-0.1, -0.05) is 18.2 Å². The molecule has 3 nitrogen and oxygen atoms in total. The first-order chi connectivity index (χ1) is 7.11. The SMILES string of the molecule is Cc1ccccc1N(C)C(=O)C1CC1N. The number of hydrogen-bond donors (Lipinski definition) is 1. The van der Waals surface area contributed by atoms with Crippen LogP contribution in [0, 0.1) is 12.8 Å². The van der Waals surface area contributed by atoms with E-state index in [1.54, 1.807) is 4.90 Å². The van der Waals surface area contributed by atoms with Crippen molar-refractivity contribution in [3.63, 3.8) is 0 Å². The number of hydrogen-bond acceptors (Lipinski definition) is 2. The van der Waals surface area contributed by atoms with Crippen LogP contribution >= 0.6 is 0 Å². The minimum absolute atomic E-state index is 0.0367. The Balaban J connectivity index is 2.17. The first-order valence-electron chi connectivity index (χ1n) is 5.20.